The monoisotopic (exact) mass is 372 g/mol. The zero-order valence-corrected chi connectivity index (χ0v) is 14.1. The third kappa shape index (κ3) is 4.45. The Morgan fingerprint density at radius 2 is 2.28 bits per heavy atom. The minimum Gasteiger partial charge on any atom is -0.467 e. The Kier molecular flexibility index (Phi) is 4.91. The van der Waals surface area contributed by atoms with Crippen LogP contribution in [0, 0.1) is 0 Å². The summed E-state index contributed by atoms with van der Waals surface area (Å²) in [6.07, 6.45) is -2.45. The van der Waals surface area contributed by atoms with Gasteiger partial charge in [0.2, 0.25) is 5.88 Å². The number of hydrogen-bond donors (Lipinski definition) is 1. The summed E-state index contributed by atoms with van der Waals surface area (Å²) in [5.41, 5.74) is 0.871. The largest absolute Gasteiger partial charge is 0.467 e. The van der Waals surface area contributed by atoms with Gasteiger partial charge >= 0.3 is 6.18 Å². The summed E-state index contributed by atoms with van der Waals surface area (Å²) in [5.74, 6) is -0.969. The van der Waals surface area contributed by atoms with Crippen LogP contribution in [0.5, 0.6) is 5.88 Å². The number of ether oxygens (including phenoxy) is 1. The fourth-order valence-corrected chi connectivity index (χ4v) is 3.45. The molecule has 0 unspecified atom stereocenters. The summed E-state index contributed by atoms with van der Waals surface area (Å²) in [5, 5.41) is 3.03. The molecule has 2 aromatic heterocycles. The van der Waals surface area contributed by atoms with Crippen molar-refractivity contribution in [1.82, 2.24) is 14.9 Å². The van der Waals surface area contributed by atoms with E-state index in [1.807, 2.05) is 7.05 Å². The lowest BCUT2D eigenvalue weighted by Gasteiger charge is -2.20. The highest BCUT2D eigenvalue weighted by Gasteiger charge is 2.30. The molecule has 0 radical (unpaired) electrons. The van der Waals surface area contributed by atoms with Gasteiger partial charge in [0.1, 0.15) is 5.56 Å². The van der Waals surface area contributed by atoms with E-state index in [9.17, 15) is 18.0 Å². The van der Waals surface area contributed by atoms with Gasteiger partial charge in [-0.05, 0) is 19.2 Å². The molecule has 0 atom stereocenters. The van der Waals surface area contributed by atoms with Crippen molar-refractivity contribution in [3.05, 3.63) is 34.5 Å². The number of alkyl halides is 3. The maximum atomic E-state index is 12.4. The molecule has 3 rings (SSSR count). The molecule has 6 nitrogen and oxygen atoms in total. The van der Waals surface area contributed by atoms with Crippen molar-refractivity contribution in [3.8, 4) is 5.88 Å². The highest BCUT2D eigenvalue weighted by molar-refractivity contribution is 7.15. The summed E-state index contributed by atoms with van der Waals surface area (Å²) in [7, 11) is 2.00. The highest BCUT2D eigenvalue weighted by Crippen LogP contribution is 2.28. The van der Waals surface area contributed by atoms with E-state index in [-0.39, 0.29) is 11.4 Å². The van der Waals surface area contributed by atoms with Crippen LogP contribution in [0.4, 0.5) is 18.3 Å². The zero-order valence-electron chi connectivity index (χ0n) is 13.3. The molecule has 1 aliphatic heterocycles. The van der Waals surface area contributed by atoms with Crippen molar-refractivity contribution in [2.75, 3.05) is 25.5 Å². The summed E-state index contributed by atoms with van der Waals surface area (Å²) in [6, 6.07) is 2.81. The van der Waals surface area contributed by atoms with Crippen molar-refractivity contribution in [2.45, 2.75) is 19.1 Å². The van der Waals surface area contributed by atoms with E-state index < -0.39 is 18.7 Å². The minimum atomic E-state index is -4.51. The quantitative estimate of drug-likeness (QED) is 0.894. The zero-order chi connectivity index (χ0) is 18.0. The van der Waals surface area contributed by atoms with Crippen molar-refractivity contribution in [2.24, 2.45) is 0 Å². The number of amides is 1. The molecule has 1 N–H and O–H groups in total. The lowest BCUT2D eigenvalue weighted by molar-refractivity contribution is -0.154. The third-order valence-electron chi connectivity index (χ3n) is 3.53. The SMILES string of the molecule is CN1CCc2nc(NC(=O)c3cccnc3OCC(F)(F)F)sc2C1. The van der Waals surface area contributed by atoms with Crippen LogP contribution in [0.2, 0.25) is 0 Å². The molecule has 10 heteroatoms. The standard InChI is InChI=1S/C15H15F3N4O2S/c1-22-6-4-10-11(7-22)25-14(20-10)21-12(23)9-3-2-5-19-13(9)24-8-15(16,17)18/h2-3,5H,4,6-8H2,1H3,(H,20,21,23). The molecule has 0 spiro atoms. The van der Waals surface area contributed by atoms with Crippen molar-refractivity contribution in [3.63, 3.8) is 0 Å². The highest BCUT2D eigenvalue weighted by atomic mass is 32.1. The number of fused-ring (bicyclic) bond motifs is 1. The van der Waals surface area contributed by atoms with E-state index >= 15 is 0 Å². The first-order valence-electron chi connectivity index (χ1n) is 7.45. The molecule has 25 heavy (non-hydrogen) atoms. The number of nitrogens with one attached hydrogen (secondary N) is 1. The summed E-state index contributed by atoms with van der Waals surface area (Å²) < 4.78 is 41.6. The van der Waals surface area contributed by atoms with Crippen LogP contribution in [0.3, 0.4) is 0 Å². The molecular weight excluding hydrogens is 357 g/mol. The fraction of sp³-hybridized carbons (Fsp3) is 0.400. The molecular formula is C15H15F3N4O2S. The van der Waals surface area contributed by atoms with Gasteiger partial charge in [-0.15, -0.1) is 11.3 Å². The van der Waals surface area contributed by atoms with Crippen LogP contribution in [0.15, 0.2) is 18.3 Å². The molecule has 0 saturated carbocycles. The van der Waals surface area contributed by atoms with E-state index in [0.717, 1.165) is 30.1 Å². The third-order valence-corrected chi connectivity index (χ3v) is 4.53. The number of aromatic nitrogens is 2. The first-order chi connectivity index (χ1) is 11.8. The van der Waals surface area contributed by atoms with Gasteiger partial charge in [0.15, 0.2) is 11.7 Å². The Labute approximate surface area is 145 Å². The van der Waals surface area contributed by atoms with Crippen LogP contribution in [-0.2, 0) is 13.0 Å². The number of hydrogen-bond acceptors (Lipinski definition) is 6. The van der Waals surface area contributed by atoms with Crippen molar-refractivity contribution < 1.29 is 22.7 Å². The molecule has 1 aliphatic rings. The number of thiazole rings is 1. The van der Waals surface area contributed by atoms with Crippen LogP contribution < -0.4 is 10.1 Å². The lowest BCUT2D eigenvalue weighted by Crippen LogP contribution is -2.25. The molecule has 0 fully saturated rings. The molecule has 1 amide bonds. The van der Waals surface area contributed by atoms with Crippen LogP contribution >= 0.6 is 11.3 Å². The Bertz CT molecular complexity index is 778. The molecule has 0 aliphatic carbocycles. The second-order valence-electron chi connectivity index (χ2n) is 5.59. The minimum absolute atomic E-state index is 0.0722. The average Bonchev–Trinajstić information content (AvgIpc) is 2.93. The molecule has 3 heterocycles. The van der Waals surface area contributed by atoms with E-state index in [1.165, 1.54) is 29.7 Å². The second kappa shape index (κ2) is 6.96. The van der Waals surface area contributed by atoms with E-state index in [0.29, 0.717) is 5.13 Å². The van der Waals surface area contributed by atoms with Gasteiger partial charge in [-0.25, -0.2) is 9.97 Å². The molecule has 2 aromatic rings. The summed E-state index contributed by atoms with van der Waals surface area (Å²) in [6.45, 7) is 0.139. The lowest BCUT2D eigenvalue weighted by atomic mass is 10.2. The molecule has 0 saturated heterocycles. The topological polar surface area (TPSA) is 67.4 Å². The van der Waals surface area contributed by atoms with Gasteiger partial charge in [0, 0.05) is 30.6 Å². The molecule has 0 bridgehead atoms. The van der Waals surface area contributed by atoms with Crippen LogP contribution in [-0.4, -0.2) is 47.2 Å². The first-order valence-corrected chi connectivity index (χ1v) is 8.26. The fourth-order valence-electron chi connectivity index (χ4n) is 2.37. The van der Waals surface area contributed by atoms with Crippen molar-refractivity contribution in [1.29, 1.82) is 0 Å². The predicted octanol–water partition coefficient (Wildman–Crippen LogP) is 2.72. The molecule has 134 valence electrons. The molecule has 0 aromatic carbocycles. The Hall–Kier alpha value is -2.20. The summed E-state index contributed by atoms with van der Waals surface area (Å²) >= 11 is 1.36. The Morgan fingerprint density at radius 1 is 1.48 bits per heavy atom. The Morgan fingerprint density at radius 3 is 3.04 bits per heavy atom. The number of rotatable bonds is 4. The van der Waals surface area contributed by atoms with Crippen molar-refractivity contribution >= 4 is 22.4 Å². The average molecular weight is 372 g/mol. The number of halogens is 3. The number of carbonyl (C=O) groups excluding carboxylic acids is 1. The second-order valence-corrected chi connectivity index (χ2v) is 6.67. The number of likely N-dealkylation sites (N-methyl/N-ethyl adjacent to an activating group) is 1. The smallest absolute Gasteiger partial charge is 0.422 e. The van der Waals surface area contributed by atoms with Gasteiger partial charge in [-0.3, -0.25) is 10.1 Å². The first kappa shape index (κ1) is 17.6. The van der Waals surface area contributed by atoms with E-state index in [1.54, 1.807) is 0 Å². The van der Waals surface area contributed by atoms with Crippen LogP contribution in [0.25, 0.3) is 0 Å². The van der Waals surface area contributed by atoms with Gasteiger partial charge in [-0.2, -0.15) is 13.2 Å². The number of anilines is 1. The van der Waals surface area contributed by atoms with Gasteiger partial charge in [0.25, 0.3) is 5.91 Å². The maximum Gasteiger partial charge on any atom is 0.422 e. The van der Waals surface area contributed by atoms with Gasteiger partial charge in [0.05, 0.1) is 5.69 Å². The number of carbonyl (C=O) groups is 1. The van der Waals surface area contributed by atoms with Gasteiger partial charge in [-0.1, -0.05) is 0 Å². The maximum absolute atomic E-state index is 12.4. The number of nitrogens with zero attached hydrogens (tertiary/aromatic N) is 3. The van der Waals surface area contributed by atoms with Crippen LogP contribution in [0.1, 0.15) is 20.9 Å². The predicted molar refractivity (Wildman–Crippen MR) is 85.9 cm³/mol. The van der Waals surface area contributed by atoms with E-state index in [4.69, 9.17) is 0 Å². The number of pyridine rings is 1. The summed E-state index contributed by atoms with van der Waals surface area (Å²) in [4.78, 5) is 23.7. The normalized spacial score (nSPS) is 14.9. The van der Waals surface area contributed by atoms with Gasteiger partial charge < -0.3 is 9.64 Å². The van der Waals surface area contributed by atoms with E-state index in [2.05, 4.69) is 24.9 Å². The Balaban J connectivity index is 1.73.